The Bertz CT molecular complexity index is 317. The van der Waals surface area contributed by atoms with Gasteiger partial charge in [-0.05, 0) is 24.0 Å². The van der Waals surface area contributed by atoms with E-state index in [-0.39, 0.29) is 5.82 Å². The zero-order valence-electron chi connectivity index (χ0n) is 6.67. The Morgan fingerprint density at radius 2 is 2.33 bits per heavy atom. The van der Waals surface area contributed by atoms with Crippen LogP contribution in [0.4, 0.5) is 4.39 Å². The molecule has 0 spiro atoms. The molecule has 0 N–H and O–H groups in total. The highest BCUT2D eigenvalue weighted by molar-refractivity contribution is 7.98. The van der Waals surface area contributed by atoms with Crippen LogP contribution in [-0.4, -0.2) is 6.26 Å². The Balaban J connectivity index is 2.98. The van der Waals surface area contributed by atoms with Crippen molar-refractivity contribution < 1.29 is 4.39 Å². The molecular formula is C9H8FNS. The van der Waals surface area contributed by atoms with Crippen molar-refractivity contribution >= 4 is 11.8 Å². The van der Waals surface area contributed by atoms with Gasteiger partial charge < -0.3 is 0 Å². The average Bonchev–Trinajstić information content (AvgIpc) is 2.09. The third-order valence-electron chi connectivity index (χ3n) is 1.50. The molecular weight excluding hydrogens is 173 g/mol. The molecule has 0 radical (unpaired) electrons. The van der Waals surface area contributed by atoms with Gasteiger partial charge in [0.05, 0.1) is 12.5 Å². The van der Waals surface area contributed by atoms with Crippen molar-refractivity contribution in [3.05, 3.63) is 29.6 Å². The summed E-state index contributed by atoms with van der Waals surface area (Å²) >= 11 is 1.35. The first-order valence-electron chi connectivity index (χ1n) is 3.47. The van der Waals surface area contributed by atoms with E-state index in [9.17, 15) is 4.39 Å². The van der Waals surface area contributed by atoms with Crippen LogP contribution in [0.15, 0.2) is 23.1 Å². The quantitative estimate of drug-likeness (QED) is 0.655. The largest absolute Gasteiger partial charge is 0.206 e. The lowest BCUT2D eigenvalue weighted by Crippen LogP contribution is -1.85. The number of rotatable bonds is 2. The van der Waals surface area contributed by atoms with Crippen LogP contribution in [0.25, 0.3) is 0 Å². The van der Waals surface area contributed by atoms with Crippen molar-refractivity contribution in [2.24, 2.45) is 0 Å². The standard InChI is InChI=1S/C9H8FNS/c1-12-9-6-7(4-5-11)2-3-8(9)10/h2-3,6H,4H2,1H3. The minimum Gasteiger partial charge on any atom is -0.206 e. The molecule has 1 nitrogen and oxygen atoms in total. The normalized spacial score (nSPS) is 9.42. The van der Waals surface area contributed by atoms with Crippen molar-refractivity contribution in [3.63, 3.8) is 0 Å². The van der Waals surface area contributed by atoms with E-state index in [2.05, 4.69) is 0 Å². The van der Waals surface area contributed by atoms with Gasteiger partial charge in [0.25, 0.3) is 0 Å². The lowest BCUT2D eigenvalue weighted by Gasteiger charge is -2.00. The third kappa shape index (κ3) is 1.99. The van der Waals surface area contributed by atoms with Crippen LogP contribution in [0.3, 0.4) is 0 Å². The SMILES string of the molecule is CSc1cc(CC#N)ccc1F. The van der Waals surface area contributed by atoms with E-state index in [1.807, 2.05) is 12.3 Å². The highest BCUT2D eigenvalue weighted by Crippen LogP contribution is 2.20. The molecule has 0 saturated carbocycles. The zero-order valence-corrected chi connectivity index (χ0v) is 7.49. The van der Waals surface area contributed by atoms with Crippen molar-refractivity contribution in [3.8, 4) is 6.07 Å². The van der Waals surface area contributed by atoms with Gasteiger partial charge in [-0.1, -0.05) is 6.07 Å². The highest BCUT2D eigenvalue weighted by atomic mass is 32.2. The predicted octanol–water partition coefficient (Wildman–Crippen LogP) is 2.61. The summed E-state index contributed by atoms with van der Waals surface area (Å²) in [7, 11) is 0. The lowest BCUT2D eigenvalue weighted by atomic mass is 10.2. The summed E-state index contributed by atoms with van der Waals surface area (Å²) in [6.45, 7) is 0. The van der Waals surface area contributed by atoms with Crippen LogP contribution in [0.5, 0.6) is 0 Å². The maximum absolute atomic E-state index is 12.9. The van der Waals surface area contributed by atoms with Gasteiger partial charge in [0.15, 0.2) is 0 Å². The lowest BCUT2D eigenvalue weighted by molar-refractivity contribution is 0.601. The average molecular weight is 181 g/mol. The molecule has 0 aliphatic carbocycles. The van der Waals surface area contributed by atoms with Crippen LogP contribution in [0, 0.1) is 17.1 Å². The number of hydrogen-bond acceptors (Lipinski definition) is 2. The third-order valence-corrected chi connectivity index (χ3v) is 2.25. The van der Waals surface area contributed by atoms with E-state index < -0.39 is 0 Å². The Morgan fingerprint density at radius 3 is 2.92 bits per heavy atom. The van der Waals surface area contributed by atoms with Gasteiger partial charge in [-0.15, -0.1) is 11.8 Å². The molecule has 0 amide bonds. The van der Waals surface area contributed by atoms with E-state index in [0.717, 1.165) is 5.56 Å². The van der Waals surface area contributed by atoms with Gasteiger partial charge in [0.1, 0.15) is 5.82 Å². The predicted molar refractivity (Wildman–Crippen MR) is 47.5 cm³/mol. The molecule has 0 fully saturated rings. The Kier molecular flexibility index (Phi) is 3.12. The second kappa shape index (κ2) is 4.13. The molecule has 0 aliphatic heterocycles. The van der Waals surface area contributed by atoms with E-state index in [0.29, 0.717) is 11.3 Å². The Labute approximate surface area is 75.2 Å². The smallest absolute Gasteiger partial charge is 0.136 e. The summed E-state index contributed by atoms with van der Waals surface area (Å²) in [5.74, 6) is -0.218. The van der Waals surface area contributed by atoms with Gasteiger partial charge in [-0.25, -0.2) is 4.39 Å². The molecule has 12 heavy (non-hydrogen) atoms. The number of hydrogen-bond donors (Lipinski definition) is 0. The molecule has 0 unspecified atom stereocenters. The number of nitrogens with zero attached hydrogens (tertiary/aromatic N) is 1. The van der Waals surface area contributed by atoms with Gasteiger partial charge in [-0.2, -0.15) is 5.26 Å². The van der Waals surface area contributed by atoms with E-state index >= 15 is 0 Å². The molecule has 1 aromatic carbocycles. The summed E-state index contributed by atoms with van der Waals surface area (Å²) in [6, 6.07) is 6.77. The second-order valence-electron chi connectivity index (χ2n) is 2.30. The van der Waals surface area contributed by atoms with Crippen molar-refractivity contribution in [2.75, 3.05) is 6.26 Å². The maximum atomic E-state index is 12.9. The summed E-state index contributed by atoms with van der Waals surface area (Å²) in [4.78, 5) is 0.600. The molecule has 0 atom stereocenters. The van der Waals surface area contributed by atoms with Crippen molar-refractivity contribution in [1.29, 1.82) is 5.26 Å². The minimum atomic E-state index is -0.218. The highest BCUT2D eigenvalue weighted by Gasteiger charge is 2.01. The monoisotopic (exact) mass is 181 g/mol. The first-order valence-corrected chi connectivity index (χ1v) is 4.69. The molecule has 0 heterocycles. The molecule has 1 aromatic rings. The van der Waals surface area contributed by atoms with Crippen molar-refractivity contribution in [2.45, 2.75) is 11.3 Å². The van der Waals surface area contributed by atoms with Crippen LogP contribution in [-0.2, 0) is 6.42 Å². The molecule has 62 valence electrons. The number of halogens is 1. The Hall–Kier alpha value is -1.01. The summed E-state index contributed by atoms with van der Waals surface area (Å²) in [6.07, 6.45) is 2.16. The topological polar surface area (TPSA) is 23.8 Å². The fourth-order valence-corrected chi connectivity index (χ4v) is 1.44. The first kappa shape index (κ1) is 9.08. The van der Waals surface area contributed by atoms with E-state index in [1.54, 1.807) is 12.1 Å². The van der Waals surface area contributed by atoms with Gasteiger partial charge in [0, 0.05) is 4.90 Å². The van der Waals surface area contributed by atoms with Crippen LogP contribution < -0.4 is 0 Å². The summed E-state index contributed by atoms with van der Waals surface area (Å²) in [5, 5.41) is 8.40. The van der Waals surface area contributed by atoms with E-state index in [4.69, 9.17) is 5.26 Å². The Morgan fingerprint density at radius 1 is 1.58 bits per heavy atom. The van der Waals surface area contributed by atoms with Crippen LogP contribution >= 0.6 is 11.8 Å². The van der Waals surface area contributed by atoms with Crippen LogP contribution in [0.1, 0.15) is 5.56 Å². The second-order valence-corrected chi connectivity index (χ2v) is 3.15. The summed E-state index contributed by atoms with van der Waals surface area (Å²) < 4.78 is 12.9. The molecule has 0 aromatic heterocycles. The molecule has 1 rings (SSSR count). The number of thioether (sulfide) groups is 1. The fraction of sp³-hybridized carbons (Fsp3) is 0.222. The first-order chi connectivity index (χ1) is 5.77. The van der Waals surface area contributed by atoms with Gasteiger partial charge in [-0.3, -0.25) is 0 Å². The molecule has 0 saturated heterocycles. The summed E-state index contributed by atoms with van der Waals surface area (Å²) in [5.41, 5.74) is 0.864. The van der Waals surface area contributed by atoms with Gasteiger partial charge >= 0.3 is 0 Å². The maximum Gasteiger partial charge on any atom is 0.136 e. The fourth-order valence-electron chi connectivity index (χ4n) is 0.905. The van der Waals surface area contributed by atoms with Crippen molar-refractivity contribution in [1.82, 2.24) is 0 Å². The van der Waals surface area contributed by atoms with Gasteiger partial charge in [0.2, 0.25) is 0 Å². The molecule has 0 bridgehead atoms. The van der Waals surface area contributed by atoms with E-state index in [1.165, 1.54) is 17.8 Å². The zero-order chi connectivity index (χ0) is 8.97. The minimum absolute atomic E-state index is 0.218. The van der Waals surface area contributed by atoms with Crippen LogP contribution in [0.2, 0.25) is 0 Å². The molecule has 3 heteroatoms. The number of benzene rings is 1. The molecule has 0 aliphatic rings. The number of nitriles is 1.